The van der Waals surface area contributed by atoms with E-state index < -0.39 is 0 Å². The highest BCUT2D eigenvalue weighted by molar-refractivity contribution is 9.10. The smallest absolute Gasteiger partial charge is 0.137 e. The number of nitrogens with zero attached hydrogens (tertiary/aromatic N) is 1. The van der Waals surface area contributed by atoms with E-state index in [4.69, 9.17) is 0 Å². The van der Waals surface area contributed by atoms with Gasteiger partial charge in [0.05, 0.1) is 4.47 Å². The lowest BCUT2D eigenvalue weighted by molar-refractivity contribution is 0.163. The average molecular weight is 402 g/mol. The molecule has 0 unspecified atom stereocenters. The maximum Gasteiger partial charge on any atom is 0.137 e. The van der Waals surface area contributed by atoms with Crippen LogP contribution in [-0.4, -0.2) is 31.1 Å². The number of rotatable bonds is 5. The zero-order valence-electron chi connectivity index (χ0n) is 12.3. The van der Waals surface area contributed by atoms with E-state index in [1.54, 1.807) is 6.07 Å². The van der Waals surface area contributed by atoms with E-state index >= 15 is 0 Å². The first-order valence-corrected chi connectivity index (χ1v) is 7.91. The minimum atomic E-state index is -0.158. The molecular weight excluding hydrogens is 378 g/mol. The summed E-state index contributed by atoms with van der Waals surface area (Å²) < 4.78 is 14.3. The van der Waals surface area contributed by atoms with Gasteiger partial charge < -0.3 is 5.32 Å². The Kier molecular flexibility index (Phi) is 10.9. The zero-order valence-corrected chi connectivity index (χ0v) is 15.5. The summed E-state index contributed by atoms with van der Waals surface area (Å²) in [6, 6.07) is 5.91. The van der Waals surface area contributed by atoms with Gasteiger partial charge in [-0.15, -0.1) is 24.8 Å². The van der Waals surface area contributed by atoms with Gasteiger partial charge in [-0.3, -0.25) is 4.90 Å². The van der Waals surface area contributed by atoms with Crippen LogP contribution in [0.3, 0.4) is 0 Å². The topological polar surface area (TPSA) is 15.3 Å². The Morgan fingerprint density at radius 2 is 1.95 bits per heavy atom. The number of benzene rings is 1. The maximum atomic E-state index is 13.8. The standard InChI is InChI=1S/C15H22BrFN2.2ClH/c1-2-3-4-15(19-9-7-18-8-10-19)12-5-6-13(16)14(17)11-12;;/h5-6,11,15,18H,2-4,7-10H2,1H3;2*1H/t15-;;/m1../s1. The number of halogens is 4. The first-order chi connectivity index (χ1) is 9.22. The second kappa shape index (κ2) is 10.8. The number of piperazine rings is 1. The van der Waals surface area contributed by atoms with E-state index in [1.807, 2.05) is 6.07 Å². The van der Waals surface area contributed by atoms with E-state index in [-0.39, 0.29) is 30.6 Å². The highest BCUT2D eigenvalue weighted by Gasteiger charge is 2.22. The molecule has 1 aliphatic rings. The van der Waals surface area contributed by atoms with Crippen molar-refractivity contribution in [3.63, 3.8) is 0 Å². The molecule has 21 heavy (non-hydrogen) atoms. The predicted molar refractivity (Wildman–Crippen MR) is 95.3 cm³/mol. The minimum absolute atomic E-state index is 0. The summed E-state index contributed by atoms with van der Waals surface area (Å²) in [6.07, 6.45) is 3.48. The summed E-state index contributed by atoms with van der Waals surface area (Å²) in [7, 11) is 0. The van der Waals surface area contributed by atoms with E-state index in [0.717, 1.165) is 38.2 Å². The molecule has 122 valence electrons. The normalized spacial score (nSPS) is 16.7. The molecule has 1 aliphatic heterocycles. The number of hydrogen-bond acceptors (Lipinski definition) is 2. The van der Waals surface area contributed by atoms with Gasteiger partial charge in [-0.05, 0) is 40.0 Å². The number of hydrogen-bond donors (Lipinski definition) is 1. The first-order valence-electron chi connectivity index (χ1n) is 7.12. The van der Waals surface area contributed by atoms with Crippen molar-refractivity contribution in [3.8, 4) is 0 Å². The van der Waals surface area contributed by atoms with Gasteiger partial charge in [-0.1, -0.05) is 25.8 Å². The first kappa shape index (κ1) is 21.1. The van der Waals surface area contributed by atoms with Gasteiger partial charge in [0.1, 0.15) is 5.82 Å². The Labute approximate surface area is 147 Å². The molecule has 1 atom stereocenters. The SMILES string of the molecule is CCCC[C@H](c1ccc(Br)c(F)c1)N1CCNCC1.Cl.Cl. The van der Waals surface area contributed by atoms with Crippen LogP contribution in [0.4, 0.5) is 4.39 Å². The molecule has 0 aromatic heterocycles. The molecule has 1 fully saturated rings. The maximum absolute atomic E-state index is 13.8. The van der Waals surface area contributed by atoms with Gasteiger partial charge in [0.15, 0.2) is 0 Å². The number of nitrogens with one attached hydrogen (secondary N) is 1. The summed E-state index contributed by atoms with van der Waals surface area (Å²) in [6.45, 7) is 6.36. The summed E-state index contributed by atoms with van der Waals surface area (Å²) in [5, 5.41) is 3.37. The van der Waals surface area contributed by atoms with E-state index in [2.05, 4.69) is 39.1 Å². The molecule has 1 saturated heterocycles. The van der Waals surface area contributed by atoms with Crippen molar-refractivity contribution in [3.05, 3.63) is 34.1 Å². The molecular formula is C15H24BrCl2FN2. The van der Waals surface area contributed by atoms with Crippen molar-refractivity contribution < 1.29 is 4.39 Å². The minimum Gasteiger partial charge on any atom is -0.314 e. The molecule has 1 aromatic carbocycles. The Morgan fingerprint density at radius 3 is 2.52 bits per heavy atom. The third-order valence-corrected chi connectivity index (χ3v) is 4.40. The van der Waals surface area contributed by atoms with Crippen LogP contribution < -0.4 is 5.32 Å². The second-order valence-corrected chi connectivity index (χ2v) is 5.97. The molecule has 0 aliphatic carbocycles. The molecule has 0 spiro atoms. The third-order valence-electron chi connectivity index (χ3n) is 3.75. The van der Waals surface area contributed by atoms with Gasteiger partial charge in [-0.25, -0.2) is 4.39 Å². The Balaban J connectivity index is 0.00000200. The van der Waals surface area contributed by atoms with Crippen LogP contribution in [0.5, 0.6) is 0 Å². The van der Waals surface area contributed by atoms with E-state index in [1.165, 1.54) is 12.8 Å². The van der Waals surface area contributed by atoms with Gasteiger partial charge in [-0.2, -0.15) is 0 Å². The largest absolute Gasteiger partial charge is 0.314 e. The van der Waals surface area contributed by atoms with E-state index in [9.17, 15) is 4.39 Å². The summed E-state index contributed by atoms with van der Waals surface area (Å²) in [4.78, 5) is 2.48. The zero-order chi connectivity index (χ0) is 13.7. The fourth-order valence-corrected chi connectivity index (χ4v) is 2.92. The molecule has 2 nitrogen and oxygen atoms in total. The fourth-order valence-electron chi connectivity index (χ4n) is 2.67. The van der Waals surface area contributed by atoms with Crippen LogP contribution in [0.2, 0.25) is 0 Å². The third kappa shape index (κ3) is 6.03. The van der Waals surface area contributed by atoms with Crippen LogP contribution in [-0.2, 0) is 0 Å². The molecule has 0 saturated carbocycles. The van der Waals surface area contributed by atoms with Crippen LogP contribution in [0.25, 0.3) is 0 Å². The van der Waals surface area contributed by atoms with Crippen LogP contribution >= 0.6 is 40.7 Å². The summed E-state index contributed by atoms with van der Waals surface area (Å²) >= 11 is 3.23. The summed E-state index contributed by atoms with van der Waals surface area (Å²) in [5.41, 5.74) is 1.11. The Morgan fingerprint density at radius 1 is 1.29 bits per heavy atom. The molecule has 0 amide bonds. The van der Waals surface area contributed by atoms with Crippen molar-refractivity contribution in [1.29, 1.82) is 0 Å². The van der Waals surface area contributed by atoms with Crippen molar-refractivity contribution >= 4 is 40.7 Å². The van der Waals surface area contributed by atoms with Gasteiger partial charge >= 0.3 is 0 Å². The Bertz CT molecular complexity index is 415. The van der Waals surface area contributed by atoms with Crippen LogP contribution in [0.1, 0.15) is 37.8 Å². The molecule has 1 aromatic rings. The van der Waals surface area contributed by atoms with Crippen molar-refractivity contribution in [2.45, 2.75) is 32.2 Å². The lowest BCUT2D eigenvalue weighted by atomic mass is 9.98. The second-order valence-electron chi connectivity index (χ2n) is 5.12. The molecule has 1 heterocycles. The highest BCUT2D eigenvalue weighted by atomic mass is 79.9. The molecule has 1 N–H and O–H groups in total. The highest BCUT2D eigenvalue weighted by Crippen LogP contribution is 2.29. The molecule has 2 rings (SSSR count). The van der Waals surface area contributed by atoms with Crippen molar-refractivity contribution in [2.24, 2.45) is 0 Å². The molecule has 6 heteroatoms. The van der Waals surface area contributed by atoms with Gasteiger partial charge in [0.2, 0.25) is 0 Å². The van der Waals surface area contributed by atoms with Gasteiger partial charge in [0.25, 0.3) is 0 Å². The lowest BCUT2D eigenvalue weighted by Gasteiger charge is -2.35. The lowest BCUT2D eigenvalue weighted by Crippen LogP contribution is -2.45. The molecule has 0 radical (unpaired) electrons. The number of unbranched alkanes of at least 4 members (excludes halogenated alkanes) is 1. The van der Waals surface area contributed by atoms with Crippen LogP contribution in [0.15, 0.2) is 22.7 Å². The fraction of sp³-hybridized carbons (Fsp3) is 0.600. The van der Waals surface area contributed by atoms with E-state index in [0.29, 0.717) is 10.5 Å². The predicted octanol–water partition coefficient (Wildman–Crippen LogP) is 4.57. The average Bonchev–Trinajstić information content (AvgIpc) is 2.44. The quantitative estimate of drug-likeness (QED) is 0.777. The van der Waals surface area contributed by atoms with Crippen molar-refractivity contribution in [1.82, 2.24) is 10.2 Å². The van der Waals surface area contributed by atoms with Crippen LogP contribution in [0, 0.1) is 5.82 Å². The van der Waals surface area contributed by atoms with Crippen molar-refractivity contribution in [2.75, 3.05) is 26.2 Å². The summed E-state index contributed by atoms with van der Waals surface area (Å²) in [5.74, 6) is -0.158. The monoisotopic (exact) mass is 400 g/mol. The Hall–Kier alpha value is 0.130. The molecule has 0 bridgehead atoms. The van der Waals surface area contributed by atoms with Gasteiger partial charge in [0, 0.05) is 32.2 Å².